The second kappa shape index (κ2) is 12.8. The van der Waals surface area contributed by atoms with Crippen LogP contribution in [0.5, 0.6) is 0 Å². The van der Waals surface area contributed by atoms with Crippen molar-refractivity contribution in [2.75, 3.05) is 0 Å². The number of hydrogen-bond donors (Lipinski definition) is 0. The highest BCUT2D eigenvalue weighted by Gasteiger charge is 2.51. The van der Waals surface area contributed by atoms with Gasteiger partial charge in [0.15, 0.2) is 5.82 Å². The van der Waals surface area contributed by atoms with Crippen LogP contribution in [-0.2, 0) is 5.41 Å². The molecule has 0 saturated carbocycles. The Morgan fingerprint density at radius 2 is 1.37 bits per heavy atom. The second-order valence-corrected chi connectivity index (χ2v) is 14.4. The van der Waals surface area contributed by atoms with Crippen LogP contribution in [0.3, 0.4) is 0 Å². The standard InChI is InChI=1S/C48H36N2S/c1-3-33(27-26-32(2)34-16-6-4-7-17-34)47-49-43(35-18-8-5-9-19-35)31-44(50-47)36-28-29-38-37-20-10-11-21-39(37)48(42(38)30-36)40-22-12-14-24-45(40)51-46-25-15-13-23-41(46)48/h3-14,16-24,26-31H,2,15,25H2,1H3/b27-26-,33-3+. The zero-order valence-electron chi connectivity index (χ0n) is 28.5. The first-order chi connectivity index (χ1) is 25.1. The Morgan fingerprint density at radius 3 is 2.18 bits per heavy atom. The van der Waals surface area contributed by atoms with Crippen LogP contribution in [0.2, 0.25) is 0 Å². The lowest BCUT2D eigenvalue weighted by Gasteiger charge is -2.41. The van der Waals surface area contributed by atoms with E-state index in [-0.39, 0.29) is 0 Å². The van der Waals surface area contributed by atoms with E-state index in [0.29, 0.717) is 5.82 Å². The molecule has 2 heterocycles. The number of nitrogens with zero attached hydrogens (tertiary/aromatic N) is 2. The van der Waals surface area contributed by atoms with Crippen molar-refractivity contribution in [3.63, 3.8) is 0 Å². The highest BCUT2D eigenvalue weighted by Crippen LogP contribution is 2.63. The molecule has 9 rings (SSSR count). The Hall–Kier alpha value is -5.77. The molecule has 2 nitrogen and oxygen atoms in total. The average molecular weight is 673 g/mol. The summed E-state index contributed by atoms with van der Waals surface area (Å²) in [7, 11) is 0. The molecule has 2 aliphatic carbocycles. The molecule has 1 unspecified atom stereocenters. The largest absolute Gasteiger partial charge is 0.228 e. The molecule has 1 aliphatic heterocycles. The Bertz CT molecular complexity index is 2470. The number of fused-ring (bicyclic) bond motifs is 8. The van der Waals surface area contributed by atoms with Gasteiger partial charge in [0.1, 0.15) is 0 Å². The summed E-state index contributed by atoms with van der Waals surface area (Å²) in [5.74, 6) is 0.684. The number of allylic oxidation sites excluding steroid dienone is 9. The molecule has 3 aliphatic rings. The van der Waals surface area contributed by atoms with Gasteiger partial charge in [-0.2, -0.15) is 0 Å². The first-order valence-electron chi connectivity index (χ1n) is 17.6. The van der Waals surface area contributed by atoms with Gasteiger partial charge in [-0.25, -0.2) is 9.97 Å². The third-order valence-corrected chi connectivity index (χ3v) is 11.6. The second-order valence-electron chi connectivity index (χ2n) is 13.2. The quantitative estimate of drug-likeness (QED) is 0.165. The van der Waals surface area contributed by atoms with Crippen LogP contribution < -0.4 is 0 Å². The van der Waals surface area contributed by atoms with Crippen LogP contribution in [0.25, 0.3) is 44.8 Å². The van der Waals surface area contributed by atoms with Crippen molar-refractivity contribution >= 4 is 22.9 Å². The fourth-order valence-electron chi connectivity index (χ4n) is 7.97. The minimum absolute atomic E-state index is 0.400. The summed E-state index contributed by atoms with van der Waals surface area (Å²) in [6, 6.07) is 47.8. The average Bonchev–Trinajstić information content (AvgIpc) is 3.48. The van der Waals surface area contributed by atoms with Gasteiger partial charge in [-0.15, -0.1) is 0 Å². The molecule has 0 N–H and O–H groups in total. The fourth-order valence-corrected chi connectivity index (χ4v) is 9.26. The highest BCUT2D eigenvalue weighted by molar-refractivity contribution is 8.03. The summed E-state index contributed by atoms with van der Waals surface area (Å²) in [6.45, 7) is 6.37. The lowest BCUT2D eigenvalue weighted by Crippen LogP contribution is -2.33. The zero-order chi connectivity index (χ0) is 34.4. The van der Waals surface area contributed by atoms with Crippen molar-refractivity contribution in [1.82, 2.24) is 9.97 Å². The van der Waals surface area contributed by atoms with Crippen molar-refractivity contribution in [3.05, 3.63) is 209 Å². The Balaban J connectivity index is 1.24. The van der Waals surface area contributed by atoms with E-state index in [9.17, 15) is 0 Å². The lowest BCUT2D eigenvalue weighted by atomic mass is 9.65. The maximum Gasteiger partial charge on any atom is 0.160 e. The molecular formula is C48H36N2S. The third-order valence-electron chi connectivity index (χ3n) is 10.4. The molecule has 5 aromatic carbocycles. The molecule has 244 valence electrons. The highest BCUT2D eigenvalue weighted by atomic mass is 32.2. The van der Waals surface area contributed by atoms with Gasteiger partial charge in [0.25, 0.3) is 0 Å². The molecule has 1 spiro atoms. The molecule has 1 atom stereocenters. The number of rotatable bonds is 6. The normalized spacial score (nSPS) is 17.3. The summed E-state index contributed by atoms with van der Waals surface area (Å²) in [6.07, 6.45) is 13.1. The molecule has 0 bridgehead atoms. The van der Waals surface area contributed by atoms with E-state index >= 15 is 0 Å². The van der Waals surface area contributed by atoms with Crippen LogP contribution in [-0.4, -0.2) is 9.97 Å². The van der Waals surface area contributed by atoms with Crippen LogP contribution in [0.4, 0.5) is 0 Å². The van der Waals surface area contributed by atoms with Crippen molar-refractivity contribution < 1.29 is 0 Å². The van der Waals surface area contributed by atoms with E-state index in [1.54, 1.807) is 0 Å². The Morgan fingerprint density at radius 1 is 0.686 bits per heavy atom. The van der Waals surface area contributed by atoms with Gasteiger partial charge in [0.2, 0.25) is 0 Å². The van der Waals surface area contributed by atoms with Crippen LogP contribution in [0, 0.1) is 0 Å². The summed E-state index contributed by atoms with van der Waals surface area (Å²) in [5, 5.41) is 0. The van der Waals surface area contributed by atoms with E-state index in [0.717, 1.165) is 52.1 Å². The first-order valence-corrected chi connectivity index (χ1v) is 18.4. The predicted octanol–water partition coefficient (Wildman–Crippen LogP) is 12.5. The molecule has 3 heteroatoms. The maximum absolute atomic E-state index is 5.29. The summed E-state index contributed by atoms with van der Waals surface area (Å²) >= 11 is 1.95. The van der Waals surface area contributed by atoms with Crippen molar-refractivity contribution in [3.8, 4) is 33.6 Å². The SMILES string of the molecule is C=C(/C=C\C(=C/C)c1nc(-c2ccccc2)cc(-c2ccc3c(c2)C2(C4=C(CCC=C4)Sc4ccccc42)c2ccccc2-3)n1)c1ccccc1. The molecule has 51 heavy (non-hydrogen) atoms. The third kappa shape index (κ3) is 5.19. The van der Waals surface area contributed by atoms with E-state index in [1.165, 1.54) is 43.2 Å². The van der Waals surface area contributed by atoms with Gasteiger partial charge in [-0.1, -0.05) is 164 Å². The van der Waals surface area contributed by atoms with E-state index < -0.39 is 5.41 Å². The van der Waals surface area contributed by atoms with Gasteiger partial charge in [-0.3, -0.25) is 0 Å². The molecule has 6 aromatic rings. The van der Waals surface area contributed by atoms with E-state index in [4.69, 9.17) is 9.97 Å². The number of hydrogen-bond acceptors (Lipinski definition) is 3. The molecule has 0 fully saturated rings. The van der Waals surface area contributed by atoms with E-state index in [1.807, 2.05) is 43.0 Å². The van der Waals surface area contributed by atoms with Gasteiger partial charge in [0, 0.05) is 21.6 Å². The zero-order valence-corrected chi connectivity index (χ0v) is 29.3. The van der Waals surface area contributed by atoms with Gasteiger partial charge >= 0.3 is 0 Å². The minimum Gasteiger partial charge on any atom is -0.228 e. The Kier molecular flexibility index (Phi) is 7.86. The number of thioether (sulfide) groups is 1. The van der Waals surface area contributed by atoms with Gasteiger partial charge in [-0.05, 0) is 87.4 Å². The Labute approximate surface area is 304 Å². The molecule has 0 saturated heterocycles. The summed E-state index contributed by atoms with van der Waals surface area (Å²) < 4.78 is 0. The minimum atomic E-state index is -0.400. The topological polar surface area (TPSA) is 25.8 Å². The molecule has 0 amide bonds. The molecular weight excluding hydrogens is 637 g/mol. The van der Waals surface area contributed by atoms with Crippen molar-refractivity contribution in [1.29, 1.82) is 0 Å². The number of benzene rings is 5. The first kappa shape index (κ1) is 31.2. The van der Waals surface area contributed by atoms with Crippen LogP contribution in [0.15, 0.2) is 186 Å². The monoisotopic (exact) mass is 672 g/mol. The summed E-state index contributed by atoms with van der Waals surface area (Å²) in [4.78, 5) is 13.3. The lowest BCUT2D eigenvalue weighted by molar-refractivity contribution is 0.724. The fraction of sp³-hybridized carbons (Fsp3) is 0.0833. The summed E-state index contributed by atoms with van der Waals surface area (Å²) in [5.41, 5.74) is 14.5. The van der Waals surface area contributed by atoms with Crippen molar-refractivity contribution in [2.24, 2.45) is 0 Å². The van der Waals surface area contributed by atoms with Crippen molar-refractivity contribution in [2.45, 2.75) is 30.1 Å². The number of aromatic nitrogens is 2. The smallest absolute Gasteiger partial charge is 0.160 e. The predicted molar refractivity (Wildman–Crippen MR) is 214 cm³/mol. The maximum atomic E-state index is 5.29. The van der Waals surface area contributed by atoms with Crippen LogP contribution >= 0.6 is 11.8 Å². The van der Waals surface area contributed by atoms with Gasteiger partial charge < -0.3 is 0 Å². The van der Waals surface area contributed by atoms with E-state index in [2.05, 4.69) is 146 Å². The van der Waals surface area contributed by atoms with Gasteiger partial charge in [0.05, 0.1) is 16.8 Å². The molecule has 1 aromatic heterocycles. The van der Waals surface area contributed by atoms with Crippen LogP contribution in [0.1, 0.15) is 47.8 Å². The molecule has 0 radical (unpaired) electrons.